The quantitative estimate of drug-likeness (QED) is 0.233. The molecule has 1 aliphatic heterocycles. The Labute approximate surface area is 209 Å². The van der Waals surface area contributed by atoms with Gasteiger partial charge in [-0.15, -0.1) is 24.0 Å². The van der Waals surface area contributed by atoms with Crippen LogP contribution < -0.4 is 20.9 Å². The zero-order chi connectivity index (χ0) is 22.6. The highest BCUT2D eigenvalue weighted by Crippen LogP contribution is 2.20. The molecule has 32 heavy (non-hydrogen) atoms. The second kappa shape index (κ2) is 15.3. The van der Waals surface area contributed by atoms with Crippen molar-refractivity contribution < 1.29 is 9.18 Å². The highest BCUT2D eigenvalue weighted by atomic mass is 127. The number of nitrogens with one attached hydrogen (secondary N) is 3. The molecular weight excluding hydrogens is 522 g/mol. The van der Waals surface area contributed by atoms with E-state index in [2.05, 4.69) is 32.8 Å². The van der Waals surface area contributed by atoms with Crippen molar-refractivity contribution in [3.63, 3.8) is 0 Å². The minimum atomic E-state index is -0.193. The van der Waals surface area contributed by atoms with E-state index in [-0.39, 0.29) is 35.7 Å². The number of carbonyl (C=O) groups is 1. The molecule has 1 aliphatic rings. The maximum atomic E-state index is 14.5. The Morgan fingerprint density at radius 1 is 1.19 bits per heavy atom. The summed E-state index contributed by atoms with van der Waals surface area (Å²) in [5.74, 6) is 0.624. The standard InChI is InChI=1S/C23H39FN6O.HI/c1-5-12-26-22(31)17-29-13-10-19(11-14-29)28-23(25-4)27-16-18-8-9-21(20(24)15-18)30(6-2)7-3;/h8-9,15,19H,5-7,10-14,16-17H2,1-4H3,(H,26,31)(H2,25,27,28);1H. The molecule has 0 unspecified atom stereocenters. The number of anilines is 1. The lowest BCUT2D eigenvalue weighted by atomic mass is 10.1. The van der Waals surface area contributed by atoms with Crippen LogP contribution in [0.3, 0.4) is 0 Å². The summed E-state index contributed by atoms with van der Waals surface area (Å²) in [6, 6.07) is 5.71. The van der Waals surface area contributed by atoms with Gasteiger partial charge in [-0.3, -0.25) is 14.7 Å². The topological polar surface area (TPSA) is 72.0 Å². The molecule has 0 aliphatic carbocycles. The minimum Gasteiger partial charge on any atom is -0.370 e. The number of aliphatic imine (C=N–C) groups is 1. The zero-order valence-corrected chi connectivity index (χ0v) is 22.2. The fraction of sp³-hybridized carbons (Fsp3) is 0.652. The highest BCUT2D eigenvalue weighted by Gasteiger charge is 2.21. The third-order valence-corrected chi connectivity index (χ3v) is 5.67. The van der Waals surface area contributed by atoms with Crippen LogP contribution in [0.25, 0.3) is 0 Å². The lowest BCUT2D eigenvalue weighted by Crippen LogP contribution is -2.50. The van der Waals surface area contributed by atoms with Crippen LogP contribution in [-0.4, -0.2) is 69.1 Å². The third-order valence-electron chi connectivity index (χ3n) is 5.67. The number of likely N-dealkylation sites (tertiary alicyclic amines) is 1. The van der Waals surface area contributed by atoms with Crippen LogP contribution in [0.2, 0.25) is 0 Å². The molecule has 0 spiro atoms. The van der Waals surface area contributed by atoms with E-state index in [1.54, 1.807) is 13.1 Å². The molecule has 3 N–H and O–H groups in total. The third kappa shape index (κ3) is 9.09. The Morgan fingerprint density at radius 2 is 1.88 bits per heavy atom. The van der Waals surface area contributed by atoms with Crippen LogP contribution in [0, 0.1) is 5.82 Å². The second-order valence-corrected chi connectivity index (χ2v) is 7.93. The van der Waals surface area contributed by atoms with Crippen molar-refractivity contribution in [3.05, 3.63) is 29.6 Å². The summed E-state index contributed by atoms with van der Waals surface area (Å²) in [6.07, 6.45) is 2.86. The lowest BCUT2D eigenvalue weighted by Gasteiger charge is -2.32. The van der Waals surface area contributed by atoms with E-state index in [4.69, 9.17) is 0 Å². The van der Waals surface area contributed by atoms with Crippen LogP contribution in [0.1, 0.15) is 45.6 Å². The molecule has 1 saturated heterocycles. The van der Waals surface area contributed by atoms with Crippen molar-refractivity contribution in [3.8, 4) is 0 Å². The van der Waals surface area contributed by atoms with E-state index < -0.39 is 0 Å². The van der Waals surface area contributed by atoms with Gasteiger partial charge in [-0.25, -0.2) is 4.39 Å². The maximum Gasteiger partial charge on any atom is 0.234 e. The molecule has 9 heteroatoms. The van der Waals surface area contributed by atoms with Crippen molar-refractivity contribution in [1.29, 1.82) is 0 Å². The van der Waals surface area contributed by atoms with Crippen LogP contribution in [0.15, 0.2) is 23.2 Å². The summed E-state index contributed by atoms with van der Waals surface area (Å²) in [7, 11) is 1.74. The molecule has 0 bridgehead atoms. The van der Waals surface area contributed by atoms with Crippen LogP contribution in [-0.2, 0) is 11.3 Å². The summed E-state index contributed by atoms with van der Waals surface area (Å²) in [4.78, 5) is 20.4. The number of benzene rings is 1. The van der Waals surface area contributed by atoms with Gasteiger partial charge in [0.05, 0.1) is 12.2 Å². The number of piperidine rings is 1. The molecule has 182 valence electrons. The van der Waals surface area contributed by atoms with Gasteiger partial charge in [-0.2, -0.15) is 0 Å². The molecule has 1 amide bonds. The Bertz CT molecular complexity index is 720. The van der Waals surface area contributed by atoms with Gasteiger partial charge in [0, 0.05) is 52.4 Å². The Morgan fingerprint density at radius 3 is 2.44 bits per heavy atom. The average Bonchev–Trinajstić information content (AvgIpc) is 2.78. The van der Waals surface area contributed by atoms with Crippen molar-refractivity contribution in [1.82, 2.24) is 20.9 Å². The van der Waals surface area contributed by atoms with E-state index in [0.29, 0.717) is 30.8 Å². The first-order chi connectivity index (χ1) is 15.0. The molecule has 2 rings (SSSR count). The van der Waals surface area contributed by atoms with Crippen molar-refractivity contribution >= 4 is 41.5 Å². The van der Waals surface area contributed by atoms with E-state index in [1.165, 1.54) is 0 Å². The van der Waals surface area contributed by atoms with E-state index in [1.807, 2.05) is 30.9 Å². The van der Waals surface area contributed by atoms with Gasteiger partial charge in [0.25, 0.3) is 0 Å². The number of amides is 1. The van der Waals surface area contributed by atoms with Gasteiger partial charge in [-0.1, -0.05) is 13.0 Å². The molecule has 0 saturated carbocycles. The Balaban J connectivity index is 0.00000512. The fourth-order valence-electron chi connectivity index (χ4n) is 3.81. The molecule has 0 aromatic heterocycles. The Hall–Kier alpha value is -1.62. The van der Waals surface area contributed by atoms with Gasteiger partial charge < -0.3 is 20.9 Å². The second-order valence-electron chi connectivity index (χ2n) is 7.93. The maximum absolute atomic E-state index is 14.5. The first-order valence-electron chi connectivity index (χ1n) is 11.5. The number of hydrogen-bond acceptors (Lipinski definition) is 4. The molecule has 1 aromatic rings. The Kier molecular flexibility index (Phi) is 13.5. The SMILES string of the molecule is CCCNC(=O)CN1CCC(NC(=NC)NCc2ccc(N(CC)CC)c(F)c2)CC1.I. The van der Waals surface area contributed by atoms with Gasteiger partial charge >= 0.3 is 0 Å². The molecule has 1 aromatic carbocycles. The molecule has 1 heterocycles. The van der Waals surface area contributed by atoms with E-state index in [0.717, 1.165) is 57.5 Å². The van der Waals surface area contributed by atoms with Gasteiger partial charge in [0.15, 0.2) is 5.96 Å². The monoisotopic (exact) mass is 562 g/mol. The van der Waals surface area contributed by atoms with Crippen LogP contribution in [0.5, 0.6) is 0 Å². The number of hydrogen-bond donors (Lipinski definition) is 3. The average molecular weight is 563 g/mol. The van der Waals surface area contributed by atoms with Gasteiger partial charge in [-0.05, 0) is 50.8 Å². The first-order valence-corrected chi connectivity index (χ1v) is 11.5. The predicted octanol–water partition coefficient (Wildman–Crippen LogP) is 2.95. The minimum absolute atomic E-state index is 0. The van der Waals surface area contributed by atoms with Crippen LogP contribution >= 0.6 is 24.0 Å². The number of nitrogens with zero attached hydrogens (tertiary/aromatic N) is 3. The molecule has 1 fully saturated rings. The number of rotatable bonds is 10. The number of guanidine groups is 1. The summed E-state index contributed by atoms with van der Waals surface area (Å²) in [5, 5.41) is 9.67. The van der Waals surface area contributed by atoms with E-state index in [9.17, 15) is 9.18 Å². The predicted molar refractivity (Wildman–Crippen MR) is 141 cm³/mol. The molecule has 0 radical (unpaired) electrons. The summed E-state index contributed by atoms with van der Waals surface area (Å²) in [6.45, 7) is 11.1. The smallest absolute Gasteiger partial charge is 0.234 e. The van der Waals surface area contributed by atoms with E-state index >= 15 is 0 Å². The molecule has 0 atom stereocenters. The van der Waals surface area contributed by atoms with Crippen molar-refractivity contribution in [2.24, 2.45) is 4.99 Å². The van der Waals surface area contributed by atoms with Crippen LogP contribution in [0.4, 0.5) is 10.1 Å². The largest absolute Gasteiger partial charge is 0.370 e. The fourth-order valence-corrected chi connectivity index (χ4v) is 3.81. The highest BCUT2D eigenvalue weighted by molar-refractivity contribution is 14.0. The normalized spacial score (nSPS) is 15.1. The summed E-state index contributed by atoms with van der Waals surface area (Å²) < 4.78 is 14.5. The van der Waals surface area contributed by atoms with Crippen molar-refractivity contribution in [2.75, 3.05) is 51.2 Å². The summed E-state index contributed by atoms with van der Waals surface area (Å²) >= 11 is 0. The zero-order valence-electron chi connectivity index (χ0n) is 19.9. The first kappa shape index (κ1) is 28.4. The van der Waals surface area contributed by atoms with Gasteiger partial charge in [0.2, 0.25) is 5.91 Å². The van der Waals surface area contributed by atoms with Crippen molar-refractivity contribution in [2.45, 2.75) is 52.6 Å². The molecule has 7 nitrogen and oxygen atoms in total. The number of carbonyl (C=O) groups excluding carboxylic acids is 1. The summed E-state index contributed by atoms with van der Waals surface area (Å²) in [5.41, 5.74) is 1.52. The lowest BCUT2D eigenvalue weighted by molar-refractivity contribution is -0.122. The van der Waals surface area contributed by atoms with Gasteiger partial charge in [0.1, 0.15) is 5.82 Å². The molecular formula is C23H40FIN6O. The number of halogens is 2.